The number of carbonyl (C=O) groups excluding carboxylic acids is 2. The van der Waals surface area contributed by atoms with Crippen LogP contribution in [0.15, 0.2) is 0 Å². The van der Waals surface area contributed by atoms with Crippen LogP contribution in [0.25, 0.3) is 0 Å². The molecule has 1 saturated heterocycles. The van der Waals surface area contributed by atoms with Crippen LogP contribution in [-0.2, 0) is 17.6 Å². The largest absolute Gasteiger partial charge is 0.341 e. The molecule has 120 valence electrons. The second kappa shape index (κ2) is 6.10. The number of aromatic nitrogens is 2. The number of rotatable bonds is 2. The Kier molecular flexibility index (Phi) is 4.18. The Morgan fingerprint density at radius 3 is 2.55 bits per heavy atom. The minimum absolute atomic E-state index is 0.0110. The maximum absolute atomic E-state index is 12.7. The molecule has 6 nitrogen and oxygen atoms in total. The molecule has 0 spiro atoms. The highest BCUT2D eigenvalue weighted by Crippen LogP contribution is 2.24. The lowest BCUT2D eigenvalue weighted by Crippen LogP contribution is -2.39. The standard InChI is InChI=1S/C16H24N4O2/c1-11(2)15(21)19-7-4-8-20(10-9-19)16(22)14-12-5-3-6-13(12)17-18-14/h11H,3-10H2,1-2H3,(H,17,18). The van der Waals surface area contributed by atoms with Crippen molar-refractivity contribution in [3.05, 3.63) is 17.0 Å². The molecule has 2 amide bonds. The van der Waals surface area contributed by atoms with Gasteiger partial charge >= 0.3 is 0 Å². The summed E-state index contributed by atoms with van der Waals surface area (Å²) in [6.45, 7) is 6.49. The van der Waals surface area contributed by atoms with Crippen LogP contribution < -0.4 is 0 Å². The van der Waals surface area contributed by atoms with E-state index in [0.717, 1.165) is 43.5 Å². The zero-order valence-electron chi connectivity index (χ0n) is 13.4. The minimum Gasteiger partial charge on any atom is -0.341 e. The summed E-state index contributed by atoms with van der Waals surface area (Å²) in [7, 11) is 0. The van der Waals surface area contributed by atoms with Crippen LogP contribution in [0.5, 0.6) is 0 Å². The lowest BCUT2D eigenvalue weighted by atomic mass is 10.2. The molecule has 22 heavy (non-hydrogen) atoms. The second-order valence-electron chi connectivity index (χ2n) is 6.51. The first kappa shape index (κ1) is 15.1. The zero-order valence-corrected chi connectivity index (χ0v) is 13.4. The van der Waals surface area contributed by atoms with Gasteiger partial charge in [-0.25, -0.2) is 0 Å². The zero-order chi connectivity index (χ0) is 15.7. The molecule has 1 aliphatic heterocycles. The third-order valence-electron chi connectivity index (χ3n) is 4.60. The summed E-state index contributed by atoms with van der Waals surface area (Å²) in [5.74, 6) is 0.199. The molecule has 3 rings (SSSR count). The quantitative estimate of drug-likeness (QED) is 0.893. The number of hydrogen-bond acceptors (Lipinski definition) is 3. The second-order valence-corrected chi connectivity index (χ2v) is 6.51. The Bertz CT molecular complexity index is 579. The van der Waals surface area contributed by atoms with Gasteiger partial charge in [-0.15, -0.1) is 0 Å². The first-order valence-corrected chi connectivity index (χ1v) is 8.22. The van der Waals surface area contributed by atoms with Gasteiger partial charge in [-0.1, -0.05) is 13.8 Å². The molecule has 1 aliphatic carbocycles. The number of H-pyrrole nitrogens is 1. The summed E-state index contributed by atoms with van der Waals surface area (Å²) < 4.78 is 0. The third kappa shape index (κ3) is 2.74. The van der Waals surface area contributed by atoms with Crippen LogP contribution in [0, 0.1) is 5.92 Å². The number of fused-ring (bicyclic) bond motifs is 1. The predicted octanol–water partition coefficient (Wildman–Crippen LogP) is 1.23. The molecule has 2 heterocycles. The first-order chi connectivity index (χ1) is 10.6. The Hall–Kier alpha value is -1.85. The number of nitrogens with zero attached hydrogens (tertiary/aromatic N) is 3. The number of hydrogen-bond donors (Lipinski definition) is 1. The minimum atomic E-state index is 0.0110. The van der Waals surface area contributed by atoms with Crippen molar-refractivity contribution < 1.29 is 9.59 Å². The molecule has 1 fully saturated rings. The smallest absolute Gasteiger partial charge is 0.274 e. The van der Waals surface area contributed by atoms with Gasteiger partial charge in [0, 0.05) is 43.4 Å². The number of aryl methyl sites for hydroxylation is 1. The van der Waals surface area contributed by atoms with Crippen molar-refractivity contribution in [3.63, 3.8) is 0 Å². The molecule has 1 N–H and O–H groups in total. The van der Waals surface area contributed by atoms with E-state index in [1.807, 2.05) is 23.6 Å². The molecule has 0 atom stereocenters. The van der Waals surface area contributed by atoms with Gasteiger partial charge in [0.1, 0.15) is 0 Å². The monoisotopic (exact) mass is 304 g/mol. The van der Waals surface area contributed by atoms with Gasteiger partial charge in [-0.05, 0) is 25.7 Å². The fourth-order valence-electron chi connectivity index (χ4n) is 3.35. The van der Waals surface area contributed by atoms with Crippen LogP contribution in [0.4, 0.5) is 0 Å². The normalized spacial score (nSPS) is 18.5. The molecule has 2 aliphatic rings. The lowest BCUT2D eigenvalue weighted by Gasteiger charge is -2.23. The van der Waals surface area contributed by atoms with E-state index in [1.54, 1.807) is 0 Å². The number of carbonyl (C=O) groups is 2. The van der Waals surface area contributed by atoms with Gasteiger partial charge in [-0.3, -0.25) is 14.7 Å². The van der Waals surface area contributed by atoms with Gasteiger partial charge in [0.25, 0.3) is 5.91 Å². The molecule has 1 aromatic rings. The average Bonchev–Trinajstić information content (AvgIpc) is 3.01. The maximum Gasteiger partial charge on any atom is 0.274 e. The van der Waals surface area contributed by atoms with E-state index < -0.39 is 0 Å². The van der Waals surface area contributed by atoms with Gasteiger partial charge in [0.2, 0.25) is 5.91 Å². The highest BCUT2D eigenvalue weighted by molar-refractivity contribution is 5.94. The summed E-state index contributed by atoms with van der Waals surface area (Å²) >= 11 is 0. The van der Waals surface area contributed by atoms with E-state index in [0.29, 0.717) is 25.3 Å². The number of nitrogens with one attached hydrogen (secondary N) is 1. The molecule has 0 saturated carbocycles. The average molecular weight is 304 g/mol. The van der Waals surface area contributed by atoms with E-state index in [-0.39, 0.29) is 17.7 Å². The summed E-state index contributed by atoms with van der Waals surface area (Å²) in [5, 5.41) is 7.23. The van der Waals surface area contributed by atoms with Gasteiger partial charge < -0.3 is 9.80 Å². The van der Waals surface area contributed by atoms with E-state index in [9.17, 15) is 9.59 Å². The predicted molar refractivity (Wildman–Crippen MR) is 82.6 cm³/mol. The van der Waals surface area contributed by atoms with Crippen molar-refractivity contribution in [1.29, 1.82) is 0 Å². The first-order valence-electron chi connectivity index (χ1n) is 8.22. The highest BCUT2D eigenvalue weighted by atomic mass is 16.2. The van der Waals surface area contributed by atoms with Crippen LogP contribution >= 0.6 is 0 Å². The Labute approximate surface area is 130 Å². The fourth-order valence-corrected chi connectivity index (χ4v) is 3.35. The summed E-state index contributed by atoms with van der Waals surface area (Å²) in [6.07, 6.45) is 3.86. The van der Waals surface area contributed by atoms with E-state index in [1.165, 1.54) is 0 Å². The Balaban J connectivity index is 1.68. The maximum atomic E-state index is 12.7. The van der Waals surface area contributed by atoms with Gasteiger partial charge in [0.15, 0.2) is 5.69 Å². The van der Waals surface area contributed by atoms with Crippen molar-refractivity contribution >= 4 is 11.8 Å². The highest BCUT2D eigenvalue weighted by Gasteiger charge is 2.28. The van der Waals surface area contributed by atoms with E-state index in [2.05, 4.69) is 10.2 Å². The van der Waals surface area contributed by atoms with Crippen molar-refractivity contribution in [2.45, 2.75) is 39.5 Å². The third-order valence-corrected chi connectivity index (χ3v) is 4.60. The van der Waals surface area contributed by atoms with Crippen molar-refractivity contribution in [3.8, 4) is 0 Å². The van der Waals surface area contributed by atoms with Crippen molar-refractivity contribution in [2.75, 3.05) is 26.2 Å². The molecular weight excluding hydrogens is 280 g/mol. The fraction of sp³-hybridized carbons (Fsp3) is 0.688. The Morgan fingerprint density at radius 1 is 1.05 bits per heavy atom. The summed E-state index contributed by atoms with van der Waals surface area (Å²) in [4.78, 5) is 28.6. The van der Waals surface area contributed by atoms with Gasteiger partial charge in [0.05, 0.1) is 0 Å². The number of amides is 2. The molecular formula is C16H24N4O2. The number of aromatic amines is 1. The molecule has 0 bridgehead atoms. The molecule has 0 aromatic carbocycles. The van der Waals surface area contributed by atoms with E-state index >= 15 is 0 Å². The summed E-state index contributed by atoms with van der Waals surface area (Å²) in [5.41, 5.74) is 2.82. The van der Waals surface area contributed by atoms with Crippen molar-refractivity contribution in [2.24, 2.45) is 5.92 Å². The van der Waals surface area contributed by atoms with Crippen LogP contribution in [0.2, 0.25) is 0 Å². The van der Waals surface area contributed by atoms with Crippen molar-refractivity contribution in [1.82, 2.24) is 20.0 Å². The molecule has 6 heteroatoms. The molecule has 1 aromatic heterocycles. The Morgan fingerprint density at radius 2 is 1.77 bits per heavy atom. The van der Waals surface area contributed by atoms with Gasteiger partial charge in [-0.2, -0.15) is 5.10 Å². The van der Waals surface area contributed by atoms with Crippen LogP contribution in [-0.4, -0.2) is 58.0 Å². The van der Waals surface area contributed by atoms with Crippen LogP contribution in [0.1, 0.15) is 48.4 Å². The van der Waals surface area contributed by atoms with E-state index in [4.69, 9.17) is 0 Å². The molecule has 0 unspecified atom stereocenters. The topological polar surface area (TPSA) is 69.3 Å². The SMILES string of the molecule is CC(C)C(=O)N1CCCN(C(=O)c2n[nH]c3c2CCC3)CC1. The lowest BCUT2D eigenvalue weighted by molar-refractivity contribution is -0.134. The van der Waals surface area contributed by atoms with Crippen LogP contribution in [0.3, 0.4) is 0 Å². The summed E-state index contributed by atoms with van der Waals surface area (Å²) in [6, 6.07) is 0. The molecule has 0 radical (unpaired) electrons.